The fraction of sp³-hybridized carbons (Fsp3) is 0.909. The van der Waals surface area contributed by atoms with Crippen LogP contribution < -0.4 is 5.32 Å². The minimum absolute atomic E-state index is 0. The Kier molecular flexibility index (Phi) is 8.33. The highest BCUT2D eigenvalue weighted by atomic mass is 16.1. The van der Waals surface area contributed by atoms with E-state index in [1.165, 1.54) is 25.9 Å². The van der Waals surface area contributed by atoms with E-state index in [2.05, 4.69) is 17.3 Å². The average Bonchev–Trinajstić information content (AvgIpc) is 2.77. The van der Waals surface area contributed by atoms with Gasteiger partial charge in [0, 0.05) is 26.2 Å². The molecule has 1 N–H and O–H groups in total. The Balaban J connectivity index is 0.000000280. The molecular formula is C11H25N3O. The molecule has 90 valence electrons. The molecular weight excluding hydrogens is 190 g/mol. The Morgan fingerprint density at radius 1 is 1.07 bits per heavy atom. The third-order valence-electron chi connectivity index (χ3n) is 2.64. The molecule has 15 heavy (non-hydrogen) atoms. The van der Waals surface area contributed by atoms with Gasteiger partial charge in [-0.15, -0.1) is 0 Å². The van der Waals surface area contributed by atoms with Crippen LogP contribution >= 0.6 is 0 Å². The lowest BCUT2D eigenvalue weighted by molar-refractivity contribution is -0.119. The first-order chi connectivity index (χ1) is 6.83. The molecule has 0 aromatic heterocycles. The first kappa shape index (κ1) is 14.4. The molecule has 2 saturated heterocycles. The van der Waals surface area contributed by atoms with Gasteiger partial charge < -0.3 is 15.1 Å². The Hall–Kier alpha value is -0.610. The molecule has 0 atom stereocenters. The number of hydrogen-bond donors (Lipinski definition) is 1. The lowest BCUT2D eigenvalue weighted by Gasteiger charge is -2.29. The summed E-state index contributed by atoms with van der Waals surface area (Å²) in [5.41, 5.74) is 0. The van der Waals surface area contributed by atoms with Crippen molar-refractivity contribution in [3.05, 3.63) is 0 Å². The van der Waals surface area contributed by atoms with E-state index >= 15 is 0 Å². The van der Waals surface area contributed by atoms with Crippen molar-refractivity contribution in [3.63, 3.8) is 0 Å². The first-order valence-corrected chi connectivity index (χ1v) is 5.41. The van der Waals surface area contributed by atoms with Gasteiger partial charge in [0.1, 0.15) is 0 Å². The van der Waals surface area contributed by atoms with Crippen LogP contribution in [-0.2, 0) is 4.79 Å². The Labute approximate surface area is 93.6 Å². The van der Waals surface area contributed by atoms with Crippen LogP contribution in [0.5, 0.6) is 0 Å². The van der Waals surface area contributed by atoms with Crippen molar-refractivity contribution >= 4 is 6.41 Å². The molecule has 0 saturated carbocycles. The van der Waals surface area contributed by atoms with E-state index in [9.17, 15) is 4.79 Å². The summed E-state index contributed by atoms with van der Waals surface area (Å²) in [5, 5.41) is 3.22. The molecule has 0 bridgehead atoms. The number of amides is 1. The van der Waals surface area contributed by atoms with Gasteiger partial charge in [0.25, 0.3) is 0 Å². The summed E-state index contributed by atoms with van der Waals surface area (Å²) in [5.74, 6) is 0. The first-order valence-electron chi connectivity index (χ1n) is 5.41. The van der Waals surface area contributed by atoms with Gasteiger partial charge in [-0.2, -0.15) is 0 Å². The maximum absolute atomic E-state index is 10.2. The van der Waals surface area contributed by atoms with E-state index in [0.717, 1.165) is 32.6 Å². The molecule has 2 rings (SSSR count). The lowest BCUT2D eigenvalue weighted by Crippen LogP contribution is -2.43. The second-order valence-electron chi connectivity index (χ2n) is 3.90. The SMILES string of the molecule is C.C1CCNC1.CN1CCN(C=O)CC1. The summed E-state index contributed by atoms with van der Waals surface area (Å²) in [7, 11) is 2.07. The number of hydrogen-bond acceptors (Lipinski definition) is 3. The number of piperazine rings is 1. The largest absolute Gasteiger partial charge is 0.343 e. The highest BCUT2D eigenvalue weighted by Crippen LogP contribution is 1.94. The molecule has 0 radical (unpaired) electrons. The molecule has 0 aromatic rings. The van der Waals surface area contributed by atoms with Crippen molar-refractivity contribution in [2.45, 2.75) is 20.3 Å². The number of nitrogens with one attached hydrogen (secondary N) is 1. The molecule has 4 heteroatoms. The van der Waals surface area contributed by atoms with Gasteiger partial charge in [-0.1, -0.05) is 7.43 Å². The van der Waals surface area contributed by atoms with E-state index in [4.69, 9.17) is 0 Å². The molecule has 0 aliphatic carbocycles. The number of nitrogens with zero attached hydrogens (tertiary/aromatic N) is 2. The van der Waals surface area contributed by atoms with Gasteiger partial charge in [0.2, 0.25) is 6.41 Å². The Morgan fingerprint density at radius 2 is 1.60 bits per heavy atom. The summed E-state index contributed by atoms with van der Waals surface area (Å²) >= 11 is 0. The molecule has 0 unspecified atom stereocenters. The number of likely N-dealkylation sites (N-methyl/N-ethyl adjacent to an activating group) is 1. The smallest absolute Gasteiger partial charge is 0.209 e. The van der Waals surface area contributed by atoms with Gasteiger partial charge in [-0.25, -0.2) is 0 Å². The molecule has 2 aliphatic rings. The summed E-state index contributed by atoms with van der Waals surface area (Å²) in [6.45, 7) is 6.30. The van der Waals surface area contributed by atoms with Crippen LogP contribution in [-0.4, -0.2) is 62.5 Å². The quantitative estimate of drug-likeness (QED) is 0.643. The van der Waals surface area contributed by atoms with E-state index in [-0.39, 0.29) is 7.43 Å². The van der Waals surface area contributed by atoms with Crippen LogP contribution in [0.15, 0.2) is 0 Å². The van der Waals surface area contributed by atoms with Crippen LogP contribution in [0.2, 0.25) is 0 Å². The van der Waals surface area contributed by atoms with Crippen LogP contribution in [0.4, 0.5) is 0 Å². The third kappa shape index (κ3) is 6.47. The Bertz CT molecular complexity index is 144. The topological polar surface area (TPSA) is 35.6 Å². The fourth-order valence-corrected chi connectivity index (χ4v) is 1.55. The van der Waals surface area contributed by atoms with Gasteiger partial charge in [-0.3, -0.25) is 4.79 Å². The van der Waals surface area contributed by atoms with E-state index in [0.29, 0.717) is 0 Å². The summed E-state index contributed by atoms with van der Waals surface area (Å²) in [6.07, 6.45) is 3.70. The molecule has 4 nitrogen and oxygen atoms in total. The zero-order chi connectivity index (χ0) is 10.2. The van der Waals surface area contributed by atoms with E-state index < -0.39 is 0 Å². The zero-order valence-corrected chi connectivity index (χ0v) is 9.04. The summed E-state index contributed by atoms with van der Waals surface area (Å²) in [6, 6.07) is 0. The van der Waals surface area contributed by atoms with Crippen LogP contribution in [0.3, 0.4) is 0 Å². The average molecular weight is 215 g/mol. The summed E-state index contributed by atoms with van der Waals surface area (Å²) in [4.78, 5) is 14.2. The minimum Gasteiger partial charge on any atom is -0.343 e. The number of carbonyl (C=O) groups is 1. The van der Waals surface area contributed by atoms with Crippen molar-refractivity contribution in [2.75, 3.05) is 46.3 Å². The van der Waals surface area contributed by atoms with Crippen LogP contribution in [0.25, 0.3) is 0 Å². The molecule has 2 fully saturated rings. The monoisotopic (exact) mass is 215 g/mol. The van der Waals surface area contributed by atoms with Gasteiger partial charge in [-0.05, 0) is 33.0 Å². The third-order valence-corrected chi connectivity index (χ3v) is 2.64. The molecule has 0 aromatic carbocycles. The fourth-order valence-electron chi connectivity index (χ4n) is 1.55. The highest BCUT2D eigenvalue weighted by Gasteiger charge is 2.10. The second-order valence-corrected chi connectivity index (χ2v) is 3.90. The van der Waals surface area contributed by atoms with Crippen molar-refractivity contribution < 1.29 is 4.79 Å². The molecule has 2 heterocycles. The number of rotatable bonds is 1. The molecule has 0 spiro atoms. The van der Waals surface area contributed by atoms with E-state index in [1.54, 1.807) is 4.90 Å². The normalized spacial score (nSPS) is 21.3. The van der Waals surface area contributed by atoms with E-state index in [1.807, 2.05) is 0 Å². The van der Waals surface area contributed by atoms with Gasteiger partial charge in [0.15, 0.2) is 0 Å². The molecule has 1 amide bonds. The standard InChI is InChI=1S/C6H12N2O.C4H9N.CH4/c1-7-2-4-8(6-9)5-3-7;1-2-4-5-3-1;/h6H,2-5H2,1H3;5H,1-4H2;1H4. The Morgan fingerprint density at radius 3 is 1.93 bits per heavy atom. The predicted octanol–water partition coefficient (Wildman–Crippen LogP) is 0.396. The van der Waals surface area contributed by atoms with Crippen LogP contribution in [0, 0.1) is 0 Å². The maximum atomic E-state index is 10.2. The van der Waals surface area contributed by atoms with Crippen molar-refractivity contribution in [1.29, 1.82) is 0 Å². The van der Waals surface area contributed by atoms with Crippen molar-refractivity contribution in [2.24, 2.45) is 0 Å². The van der Waals surface area contributed by atoms with Crippen molar-refractivity contribution in [1.82, 2.24) is 15.1 Å². The molecule has 2 aliphatic heterocycles. The van der Waals surface area contributed by atoms with Crippen LogP contribution in [0.1, 0.15) is 20.3 Å². The lowest BCUT2D eigenvalue weighted by atomic mass is 10.4. The van der Waals surface area contributed by atoms with Gasteiger partial charge in [0.05, 0.1) is 0 Å². The highest BCUT2D eigenvalue weighted by molar-refractivity contribution is 5.47. The predicted molar refractivity (Wildman–Crippen MR) is 64.0 cm³/mol. The van der Waals surface area contributed by atoms with Crippen molar-refractivity contribution in [3.8, 4) is 0 Å². The second kappa shape index (κ2) is 8.68. The zero-order valence-electron chi connectivity index (χ0n) is 9.04. The number of carbonyl (C=O) groups excluding carboxylic acids is 1. The summed E-state index contributed by atoms with van der Waals surface area (Å²) < 4.78 is 0. The maximum Gasteiger partial charge on any atom is 0.209 e. The minimum atomic E-state index is 0. The van der Waals surface area contributed by atoms with Gasteiger partial charge >= 0.3 is 0 Å².